The van der Waals surface area contributed by atoms with E-state index < -0.39 is 0 Å². The Morgan fingerprint density at radius 3 is 2.69 bits per heavy atom. The van der Waals surface area contributed by atoms with Crippen LogP contribution in [0.4, 0.5) is 4.79 Å². The van der Waals surface area contributed by atoms with Crippen LogP contribution in [0.25, 0.3) is 0 Å². The molecule has 5 nitrogen and oxygen atoms in total. The molecule has 1 unspecified atom stereocenters. The van der Waals surface area contributed by atoms with Crippen LogP contribution in [0.5, 0.6) is 5.75 Å². The van der Waals surface area contributed by atoms with E-state index in [9.17, 15) is 4.79 Å². The fourth-order valence-electron chi connectivity index (χ4n) is 5.01. The van der Waals surface area contributed by atoms with Gasteiger partial charge in [0.1, 0.15) is 5.75 Å². The average Bonchev–Trinajstić information content (AvgIpc) is 3.32. The molecule has 5 heteroatoms. The molecule has 1 spiro atoms. The fraction of sp³-hybridized carbons (Fsp3) is 0.667. The second-order valence-corrected chi connectivity index (χ2v) is 8.31. The lowest BCUT2D eigenvalue weighted by Gasteiger charge is -2.40. The normalized spacial score (nSPS) is 26.7. The summed E-state index contributed by atoms with van der Waals surface area (Å²) in [6, 6.07) is 8.67. The van der Waals surface area contributed by atoms with E-state index in [0.29, 0.717) is 5.41 Å². The SMILES string of the molecule is COc1cccc(CN2CCCC3(CCN(C(=O)N4CCCC4)C3)C2)c1. The molecule has 4 rings (SSSR count). The number of carbonyl (C=O) groups is 1. The molecule has 2 amide bonds. The van der Waals surface area contributed by atoms with E-state index in [0.717, 1.165) is 58.0 Å². The van der Waals surface area contributed by atoms with Crippen LogP contribution in [0.2, 0.25) is 0 Å². The van der Waals surface area contributed by atoms with Gasteiger partial charge in [-0.3, -0.25) is 4.90 Å². The third kappa shape index (κ3) is 3.68. The van der Waals surface area contributed by atoms with Gasteiger partial charge in [0.25, 0.3) is 0 Å². The molecule has 1 aromatic rings. The molecular formula is C21H31N3O2. The Labute approximate surface area is 156 Å². The zero-order chi connectivity index (χ0) is 18.0. The van der Waals surface area contributed by atoms with Crippen LogP contribution in [0, 0.1) is 5.41 Å². The molecule has 0 aromatic heterocycles. The standard InChI is InChI=1S/C21H31N3O2/c1-26-19-7-4-6-18(14-19)15-22-10-5-8-21(16-22)9-13-24(17-21)20(25)23-11-2-3-12-23/h4,6-7,14H,2-3,5,8-13,15-17H2,1H3. The zero-order valence-corrected chi connectivity index (χ0v) is 16.0. The van der Waals surface area contributed by atoms with Gasteiger partial charge in [0.15, 0.2) is 0 Å². The highest BCUT2D eigenvalue weighted by Gasteiger charge is 2.43. The van der Waals surface area contributed by atoms with Gasteiger partial charge in [-0.2, -0.15) is 0 Å². The van der Waals surface area contributed by atoms with Crippen LogP contribution in [0.3, 0.4) is 0 Å². The number of nitrogens with zero attached hydrogens (tertiary/aromatic N) is 3. The van der Waals surface area contributed by atoms with Crippen molar-refractivity contribution in [1.29, 1.82) is 0 Å². The first kappa shape index (κ1) is 17.7. The van der Waals surface area contributed by atoms with Crippen molar-refractivity contribution in [2.75, 3.05) is 46.4 Å². The lowest BCUT2D eigenvalue weighted by molar-refractivity contribution is 0.0873. The molecule has 0 radical (unpaired) electrons. The topological polar surface area (TPSA) is 36.0 Å². The van der Waals surface area contributed by atoms with Crippen molar-refractivity contribution < 1.29 is 9.53 Å². The molecule has 1 aromatic carbocycles. The fourth-order valence-corrected chi connectivity index (χ4v) is 5.01. The number of piperidine rings is 1. The Bertz CT molecular complexity index is 644. The molecule has 3 aliphatic rings. The minimum absolute atomic E-state index is 0.282. The summed E-state index contributed by atoms with van der Waals surface area (Å²) in [6.45, 7) is 7.00. The Morgan fingerprint density at radius 2 is 1.88 bits per heavy atom. The summed E-state index contributed by atoms with van der Waals surface area (Å²) >= 11 is 0. The number of carbonyl (C=O) groups excluding carboxylic acids is 1. The maximum absolute atomic E-state index is 12.7. The van der Waals surface area contributed by atoms with Gasteiger partial charge in [0.05, 0.1) is 7.11 Å². The van der Waals surface area contributed by atoms with E-state index in [1.807, 2.05) is 6.07 Å². The summed E-state index contributed by atoms with van der Waals surface area (Å²) < 4.78 is 5.36. The van der Waals surface area contributed by atoms with E-state index in [1.165, 1.54) is 31.2 Å². The third-order valence-corrected chi connectivity index (χ3v) is 6.37. The van der Waals surface area contributed by atoms with Gasteiger partial charge in [-0.15, -0.1) is 0 Å². The van der Waals surface area contributed by atoms with E-state index in [2.05, 4.69) is 32.9 Å². The van der Waals surface area contributed by atoms with Crippen molar-refractivity contribution in [3.63, 3.8) is 0 Å². The van der Waals surface area contributed by atoms with Gasteiger partial charge < -0.3 is 14.5 Å². The van der Waals surface area contributed by atoms with Crippen molar-refractivity contribution in [1.82, 2.24) is 14.7 Å². The lowest BCUT2D eigenvalue weighted by atomic mass is 9.79. The Hall–Kier alpha value is -1.75. The van der Waals surface area contributed by atoms with Crippen LogP contribution in [-0.4, -0.2) is 67.1 Å². The summed E-state index contributed by atoms with van der Waals surface area (Å²) in [5.74, 6) is 0.928. The van der Waals surface area contributed by atoms with Crippen LogP contribution in [0.15, 0.2) is 24.3 Å². The van der Waals surface area contributed by atoms with Crippen LogP contribution >= 0.6 is 0 Å². The van der Waals surface area contributed by atoms with Crippen LogP contribution in [-0.2, 0) is 6.54 Å². The first-order valence-corrected chi connectivity index (χ1v) is 10.1. The molecule has 3 aliphatic heterocycles. The lowest BCUT2D eigenvalue weighted by Crippen LogP contribution is -2.46. The largest absolute Gasteiger partial charge is 0.497 e. The van der Waals surface area contributed by atoms with Gasteiger partial charge >= 0.3 is 6.03 Å². The molecule has 3 heterocycles. The van der Waals surface area contributed by atoms with Gasteiger partial charge in [-0.05, 0) is 56.3 Å². The predicted molar refractivity (Wildman–Crippen MR) is 102 cm³/mol. The molecule has 0 saturated carbocycles. The number of urea groups is 1. The maximum atomic E-state index is 12.7. The molecule has 3 fully saturated rings. The van der Waals surface area contributed by atoms with Crippen molar-refractivity contribution in [3.8, 4) is 5.75 Å². The van der Waals surface area contributed by atoms with Gasteiger partial charge in [0.2, 0.25) is 0 Å². The molecule has 26 heavy (non-hydrogen) atoms. The minimum Gasteiger partial charge on any atom is -0.497 e. The van der Waals surface area contributed by atoms with Gasteiger partial charge in [-0.25, -0.2) is 4.79 Å². The number of ether oxygens (including phenoxy) is 1. The number of benzene rings is 1. The molecular weight excluding hydrogens is 326 g/mol. The number of rotatable bonds is 3. The molecule has 0 N–H and O–H groups in total. The third-order valence-electron chi connectivity index (χ3n) is 6.37. The summed E-state index contributed by atoms with van der Waals surface area (Å²) in [7, 11) is 1.72. The highest BCUT2D eigenvalue weighted by molar-refractivity contribution is 5.75. The van der Waals surface area contributed by atoms with Crippen molar-refractivity contribution in [2.45, 2.75) is 38.6 Å². The van der Waals surface area contributed by atoms with Gasteiger partial charge in [-0.1, -0.05) is 12.1 Å². The Kier molecular flexibility index (Phi) is 5.07. The molecule has 3 saturated heterocycles. The second kappa shape index (κ2) is 7.47. The zero-order valence-electron chi connectivity index (χ0n) is 16.0. The molecule has 0 aliphatic carbocycles. The Morgan fingerprint density at radius 1 is 1.04 bits per heavy atom. The first-order valence-electron chi connectivity index (χ1n) is 10.1. The van der Waals surface area contributed by atoms with Gasteiger partial charge in [0, 0.05) is 44.7 Å². The van der Waals surface area contributed by atoms with Crippen molar-refractivity contribution >= 4 is 6.03 Å². The Balaban J connectivity index is 1.37. The van der Waals surface area contributed by atoms with E-state index in [1.54, 1.807) is 7.11 Å². The number of methoxy groups -OCH3 is 1. The summed E-state index contributed by atoms with van der Waals surface area (Å²) in [6.07, 6.45) is 5.97. The smallest absolute Gasteiger partial charge is 0.320 e. The molecule has 142 valence electrons. The van der Waals surface area contributed by atoms with Crippen LogP contribution in [0.1, 0.15) is 37.7 Å². The van der Waals surface area contributed by atoms with Crippen molar-refractivity contribution in [3.05, 3.63) is 29.8 Å². The number of likely N-dealkylation sites (tertiary alicyclic amines) is 3. The van der Waals surface area contributed by atoms with Crippen molar-refractivity contribution in [2.24, 2.45) is 5.41 Å². The monoisotopic (exact) mass is 357 g/mol. The molecule has 0 bridgehead atoms. The summed E-state index contributed by atoms with van der Waals surface area (Å²) in [4.78, 5) is 19.5. The summed E-state index contributed by atoms with van der Waals surface area (Å²) in [5.41, 5.74) is 1.61. The average molecular weight is 357 g/mol. The second-order valence-electron chi connectivity index (χ2n) is 8.31. The minimum atomic E-state index is 0.282. The van der Waals surface area contributed by atoms with E-state index >= 15 is 0 Å². The first-order chi connectivity index (χ1) is 12.7. The number of hydrogen-bond acceptors (Lipinski definition) is 3. The molecule has 1 atom stereocenters. The van der Waals surface area contributed by atoms with E-state index in [4.69, 9.17) is 4.74 Å². The number of amides is 2. The maximum Gasteiger partial charge on any atom is 0.320 e. The predicted octanol–water partition coefficient (Wildman–Crippen LogP) is 3.20. The highest BCUT2D eigenvalue weighted by Crippen LogP contribution is 2.40. The summed E-state index contributed by atoms with van der Waals surface area (Å²) in [5, 5.41) is 0. The van der Waals surface area contributed by atoms with E-state index in [-0.39, 0.29) is 6.03 Å². The quantitative estimate of drug-likeness (QED) is 0.833. The highest BCUT2D eigenvalue weighted by atomic mass is 16.5. The van der Waals surface area contributed by atoms with Crippen LogP contribution < -0.4 is 4.74 Å². The number of hydrogen-bond donors (Lipinski definition) is 0.